The Morgan fingerprint density at radius 1 is 0.500 bits per heavy atom. The van der Waals surface area contributed by atoms with Gasteiger partial charge in [-0.3, -0.25) is 0 Å². The Hall–Kier alpha value is -2.93. The maximum absolute atomic E-state index is 6.70. The fourth-order valence-electron chi connectivity index (χ4n) is 4.90. The second kappa shape index (κ2) is 15.8. The highest BCUT2D eigenvalue weighted by atomic mass is 32.2. The maximum atomic E-state index is 6.70. The van der Waals surface area contributed by atoms with Crippen LogP contribution in [-0.2, 0) is 45.4 Å². The van der Waals surface area contributed by atoms with Crippen LogP contribution >= 0.6 is 11.8 Å². The Morgan fingerprint density at radius 2 is 0.925 bits per heavy atom. The van der Waals surface area contributed by atoms with Crippen molar-refractivity contribution in [2.75, 3.05) is 12.4 Å². The standard InChI is InChI=1S/C35H38O4S/c1-5-13-28(14-6-1)23-36-22-21-33-35(39-26-31-19-11-4-12-20-31)34(38-25-30-17-9-3-10-18-30)32(27-40-33)37-24-29-15-7-2-8-16-29/h1-20,32-35H,21-27H2/t32-,33+,34+,35+/m1/s1. The smallest absolute Gasteiger partial charge is 0.112 e. The van der Waals surface area contributed by atoms with Crippen LogP contribution in [0.25, 0.3) is 0 Å². The number of hydrogen-bond donors (Lipinski definition) is 0. The molecule has 208 valence electrons. The molecule has 4 nitrogen and oxygen atoms in total. The van der Waals surface area contributed by atoms with Crippen LogP contribution in [0.5, 0.6) is 0 Å². The largest absolute Gasteiger partial charge is 0.377 e. The van der Waals surface area contributed by atoms with E-state index in [1.54, 1.807) is 0 Å². The molecule has 0 radical (unpaired) electrons. The molecule has 0 unspecified atom stereocenters. The molecule has 0 amide bonds. The minimum atomic E-state index is -0.201. The number of benzene rings is 4. The van der Waals surface area contributed by atoms with Gasteiger partial charge >= 0.3 is 0 Å². The lowest BCUT2D eigenvalue weighted by Gasteiger charge is -2.42. The van der Waals surface area contributed by atoms with E-state index in [2.05, 4.69) is 84.9 Å². The lowest BCUT2D eigenvalue weighted by molar-refractivity contribution is -0.150. The van der Waals surface area contributed by atoms with E-state index in [0.29, 0.717) is 33.0 Å². The molecule has 0 bridgehead atoms. The van der Waals surface area contributed by atoms with Crippen LogP contribution in [0, 0.1) is 0 Å². The van der Waals surface area contributed by atoms with E-state index < -0.39 is 0 Å². The van der Waals surface area contributed by atoms with E-state index >= 15 is 0 Å². The van der Waals surface area contributed by atoms with Crippen molar-refractivity contribution in [1.82, 2.24) is 0 Å². The zero-order chi connectivity index (χ0) is 27.2. The van der Waals surface area contributed by atoms with Gasteiger partial charge in [-0.05, 0) is 28.7 Å². The molecule has 0 spiro atoms. The molecule has 40 heavy (non-hydrogen) atoms. The Bertz CT molecular complexity index is 1220. The van der Waals surface area contributed by atoms with Gasteiger partial charge in [-0.2, -0.15) is 11.8 Å². The van der Waals surface area contributed by atoms with Gasteiger partial charge in [0.2, 0.25) is 0 Å². The summed E-state index contributed by atoms with van der Waals surface area (Å²) in [6.45, 7) is 2.88. The predicted octanol–water partition coefficient (Wildman–Crippen LogP) is 7.46. The topological polar surface area (TPSA) is 36.9 Å². The first-order valence-electron chi connectivity index (χ1n) is 14.0. The lowest BCUT2D eigenvalue weighted by Crippen LogP contribution is -2.52. The highest BCUT2D eigenvalue weighted by molar-refractivity contribution is 8.00. The summed E-state index contributed by atoms with van der Waals surface area (Å²) >= 11 is 1.91. The van der Waals surface area contributed by atoms with Gasteiger partial charge in [0, 0.05) is 17.6 Å². The first-order chi connectivity index (χ1) is 19.8. The van der Waals surface area contributed by atoms with Crippen LogP contribution in [0.4, 0.5) is 0 Å². The number of thioether (sulfide) groups is 1. The molecule has 5 heteroatoms. The van der Waals surface area contributed by atoms with Crippen molar-refractivity contribution in [3.8, 4) is 0 Å². The average Bonchev–Trinajstić information content (AvgIpc) is 3.02. The molecule has 4 aromatic carbocycles. The zero-order valence-electron chi connectivity index (χ0n) is 22.8. The third-order valence-corrected chi connectivity index (χ3v) is 8.52. The number of hydrogen-bond acceptors (Lipinski definition) is 5. The minimum Gasteiger partial charge on any atom is -0.377 e. The lowest BCUT2D eigenvalue weighted by atomic mass is 10.0. The second-order valence-electron chi connectivity index (χ2n) is 10.1. The Labute approximate surface area is 242 Å². The average molecular weight is 555 g/mol. The Balaban J connectivity index is 1.29. The van der Waals surface area contributed by atoms with E-state index in [0.717, 1.165) is 28.9 Å². The van der Waals surface area contributed by atoms with Gasteiger partial charge in [0.15, 0.2) is 0 Å². The molecule has 0 saturated carbocycles. The summed E-state index contributed by atoms with van der Waals surface area (Å²) in [4.78, 5) is 0. The fourth-order valence-corrected chi connectivity index (χ4v) is 6.31. The van der Waals surface area contributed by atoms with Crippen LogP contribution < -0.4 is 0 Å². The molecule has 0 aliphatic carbocycles. The van der Waals surface area contributed by atoms with Crippen molar-refractivity contribution in [3.63, 3.8) is 0 Å². The summed E-state index contributed by atoms with van der Waals surface area (Å²) in [5.41, 5.74) is 4.65. The minimum absolute atomic E-state index is 0.0869. The van der Waals surface area contributed by atoms with Crippen molar-refractivity contribution < 1.29 is 18.9 Å². The summed E-state index contributed by atoms with van der Waals surface area (Å²) in [5, 5.41) is 0.233. The molecule has 1 heterocycles. The normalized spacial score (nSPS) is 20.8. The SMILES string of the molecule is c1ccc(COCC[C@@H]2SC[C@@H](OCc3ccccc3)[C@H](OCc3ccccc3)[C@H]2OCc2ccccc2)cc1. The molecule has 4 atom stereocenters. The third-order valence-electron chi connectivity index (χ3n) is 7.07. The van der Waals surface area contributed by atoms with Gasteiger partial charge in [0.1, 0.15) is 6.10 Å². The molecular weight excluding hydrogens is 516 g/mol. The molecule has 1 aliphatic heterocycles. The highest BCUT2D eigenvalue weighted by Gasteiger charge is 2.42. The van der Waals surface area contributed by atoms with Gasteiger partial charge in [-0.1, -0.05) is 121 Å². The van der Waals surface area contributed by atoms with Gasteiger partial charge in [-0.25, -0.2) is 0 Å². The maximum Gasteiger partial charge on any atom is 0.112 e. The summed E-state index contributed by atoms with van der Waals surface area (Å²) in [5.74, 6) is 0.848. The van der Waals surface area contributed by atoms with Crippen molar-refractivity contribution in [2.45, 2.75) is 56.4 Å². The summed E-state index contributed by atoms with van der Waals surface area (Å²) < 4.78 is 26.0. The zero-order valence-corrected chi connectivity index (χ0v) is 23.7. The monoisotopic (exact) mass is 554 g/mol. The van der Waals surface area contributed by atoms with Crippen LogP contribution in [0.2, 0.25) is 0 Å². The third kappa shape index (κ3) is 8.79. The second-order valence-corrected chi connectivity index (χ2v) is 11.3. The molecule has 1 aliphatic rings. The van der Waals surface area contributed by atoms with Gasteiger partial charge < -0.3 is 18.9 Å². The molecule has 1 saturated heterocycles. The number of rotatable bonds is 14. The van der Waals surface area contributed by atoms with E-state index in [1.807, 2.05) is 48.2 Å². The van der Waals surface area contributed by atoms with Gasteiger partial charge in [0.05, 0.1) is 38.6 Å². The van der Waals surface area contributed by atoms with Crippen LogP contribution in [-0.4, -0.2) is 35.9 Å². The van der Waals surface area contributed by atoms with Gasteiger partial charge in [-0.15, -0.1) is 0 Å². The van der Waals surface area contributed by atoms with Crippen molar-refractivity contribution in [2.24, 2.45) is 0 Å². The molecular formula is C35H38O4S. The van der Waals surface area contributed by atoms with Crippen molar-refractivity contribution in [1.29, 1.82) is 0 Å². The number of ether oxygens (including phenoxy) is 4. The van der Waals surface area contributed by atoms with E-state index in [-0.39, 0.29) is 23.6 Å². The first kappa shape index (κ1) is 28.6. The highest BCUT2D eigenvalue weighted by Crippen LogP contribution is 2.35. The van der Waals surface area contributed by atoms with Crippen LogP contribution in [0.3, 0.4) is 0 Å². The van der Waals surface area contributed by atoms with Gasteiger partial charge in [0.25, 0.3) is 0 Å². The van der Waals surface area contributed by atoms with E-state index in [4.69, 9.17) is 18.9 Å². The van der Waals surface area contributed by atoms with Crippen LogP contribution in [0.1, 0.15) is 28.7 Å². The summed E-state index contributed by atoms with van der Waals surface area (Å²) in [7, 11) is 0. The van der Waals surface area contributed by atoms with Crippen LogP contribution in [0.15, 0.2) is 121 Å². The van der Waals surface area contributed by atoms with E-state index in [9.17, 15) is 0 Å². The fraction of sp³-hybridized carbons (Fsp3) is 0.314. The quantitative estimate of drug-likeness (QED) is 0.151. The van der Waals surface area contributed by atoms with Crippen molar-refractivity contribution >= 4 is 11.8 Å². The molecule has 5 rings (SSSR count). The first-order valence-corrected chi connectivity index (χ1v) is 15.1. The Kier molecular flexibility index (Phi) is 11.3. The molecule has 4 aromatic rings. The molecule has 0 N–H and O–H groups in total. The predicted molar refractivity (Wildman–Crippen MR) is 162 cm³/mol. The van der Waals surface area contributed by atoms with E-state index in [1.165, 1.54) is 5.56 Å². The molecule has 1 fully saturated rings. The van der Waals surface area contributed by atoms with Crippen molar-refractivity contribution in [3.05, 3.63) is 144 Å². The molecule has 0 aromatic heterocycles. The summed E-state index contributed by atoms with van der Waals surface area (Å²) in [6.07, 6.45) is 0.459. The Morgan fingerprint density at radius 3 is 1.43 bits per heavy atom. The summed E-state index contributed by atoms with van der Waals surface area (Å²) in [6, 6.07) is 41.4.